The van der Waals surface area contributed by atoms with Gasteiger partial charge in [0.15, 0.2) is 20.0 Å². The summed E-state index contributed by atoms with van der Waals surface area (Å²) >= 11 is 0. The molecule has 0 spiro atoms. The monoisotopic (exact) mass is 420 g/mol. The molecule has 1 aliphatic carbocycles. The Morgan fingerprint density at radius 2 is 2.07 bits per heavy atom. The van der Waals surface area contributed by atoms with Crippen molar-refractivity contribution in [3.05, 3.63) is 18.3 Å². The van der Waals surface area contributed by atoms with Gasteiger partial charge in [-0.2, -0.15) is 0 Å². The largest absolute Gasteiger partial charge is 0.695 e. The van der Waals surface area contributed by atoms with Crippen LogP contribution in [0.2, 0.25) is 18.1 Å². The predicted octanol–water partition coefficient (Wildman–Crippen LogP) is 2.83. The predicted molar refractivity (Wildman–Crippen MR) is 101 cm³/mol. The van der Waals surface area contributed by atoms with Crippen molar-refractivity contribution in [2.45, 2.75) is 63.6 Å². The van der Waals surface area contributed by atoms with E-state index in [1.807, 2.05) is 0 Å². The van der Waals surface area contributed by atoms with Gasteiger partial charge in [-0.25, -0.2) is 14.4 Å². The second-order valence-corrected chi connectivity index (χ2v) is 13.7. The van der Waals surface area contributed by atoms with E-state index in [4.69, 9.17) is 8.95 Å². The normalized spacial score (nSPS) is 26.9. The summed E-state index contributed by atoms with van der Waals surface area (Å²) in [6.07, 6.45) is 1.23. The lowest BCUT2D eigenvalue weighted by Gasteiger charge is -2.40. The molecule has 0 aromatic carbocycles. The highest BCUT2D eigenvalue weighted by molar-refractivity contribution is 7.32. The van der Waals surface area contributed by atoms with Crippen molar-refractivity contribution in [3.63, 3.8) is 0 Å². The molecule has 0 aliphatic heterocycles. The van der Waals surface area contributed by atoms with Crippen LogP contribution in [0.15, 0.2) is 12.5 Å². The molecule has 8 nitrogen and oxygen atoms in total. The lowest BCUT2D eigenvalue weighted by atomic mass is 10.1. The van der Waals surface area contributed by atoms with Crippen molar-refractivity contribution in [1.82, 2.24) is 9.97 Å². The number of hydrogen-bond acceptors (Lipinski definition) is 7. The maximum absolute atomic E-state index is 14.0. The van der Waals surface area contributed by atoms with Crippen molar-refractivity contribution in [1.29, 1.82) is 0 Å². The van der Waals surface area contributed by atoms with Crippen LogP contribution in [0.5, 0.6) is 0 Å². The minimum atomic E-state index is -2.88. The maximum Gasteiger partial charge on any atom is 0.695 e. The van der Waals surface area contributed by atoms with Gasteiger partial charge in [0.25, 0.3) is 0 Å². The third-order valence-corrected chi connectivity index (χ3v) is 10.3. The zero-order chi connectivity index (χ0) is 20.4. The molecule has 1 aromatic rings. The van der Waals surface area contributed by atoms with Gasteiger partial charge in [-0.15, -0.1) is 9.42 Å². The van der Waals surface area contributed by atoms with E-state index in [-0.39, 0.29) is 17.5 Å². The summed E-state index contributed by atoms with van der Waals surface area (Å²) in [5.74, 6) is -1.01. The number of rotatable bonds is 7. The first-order chi connectivity index (χ1) is 12.5. The van der Waals surface area contributed by atoms with E-state index in [2.05, 4.69) is 49.1 Å². The SMILES string of the molecule is CC(C)(C)[Si](C)(C)O[C@@H]1[C@H](O[P+](=O)O)[C@@H](CO)C[C@H]1Nc1ncncc1F. The van der Waals surface area contributed by atoms with Crippen LogP contribution in [-0.4, -0.2) is 53.1 Å². The van der Waals surface area contributed by atoms with Crippen LogP contribution < -0.4 is 5.32 Å². The van der Waals surface area contributed by atoms with E-state index in [0.717, 1.165) is 6.20 Å². The zero-order valence-electron chi connectivity index (χ0n) is 16.2. The molecule has 1 aromatic heterocycles. The van der Waals surface area contributed by atoms with Crippen molar-refractivity contribution < 1.29 is 27.9 Å². The molecule has 1 aliphatic rings. The lowest BCUT2D eigenvalue weighted by Crippen LogP contribution is -2.50. The first-order valence-electron chi connectivity index (χ1n) is 8.80. The van der Waals surface area contributed by atoms with Crippen LogP contribution in [0.25, 0.3) is 0 Å². The number of aliphatic hydroxyl groups is 1. The van der Waals surface area contributed by atoms with E-state index in [1.165, 1.54) is 6.33 Å². The third kappa shape index (κ3) is 5.27. The van der Waals surface area contributed by atoms with E-state index in [0.29, 0.717) is 6.42 Å². The lowest BCUT2D eigenvalue weighted by molar-refractivity contribution is 0.0258. The fraction of sp³-hybridized carbons (Fsp3) is 0.750. The summed E-state index contributed by atoms with van der Waals surface area (Å²) in [6.45, 7) is 10.1. The van der Waals surface area contributed by atoms with E-state index < -0.39 is 46.6 Å². The van der Waals surface area contributed by atoms with Crippen molar-refractivity contribution in [2.24, 2.45) is 5.92 Å². The fourth-order valence-corrected chi connectivity index (χ4v) is 4.75. The summed E-state index contributed by atoms with van der Waals surface area (Å²) < 4.78 is 37.0. The second-order valence-electron chi connectivity index (χ2n) is 8.30. The van der Waals surface area contributed by atoms with Crippen molar-refractivity contribution in [3.8, 4) is 0 Å². The summed E-state index contributed by atoms with van der Waals surface area (Å²) in [5, 5.41) is 12.6. The molecule has 0 saturated heterocycles. The van der Waals surface area contributed by atoms with E-state index in [1.54, 1.807) is 0 Å². The number of halogens is 1. The molecule has 11 heteroatoms. The van der Waals surface area contributed by atoms with Gasteiger partial charge in [0, 0.05) is 17.1 Å². The summed E-state index contributed by atoms with van der Waals surface area (Å²) in [6, 6.07) is -0.444. The van der Waals surface area contributed by atoms with Gasteiger partial charge in [-0.05, 0) is 24.6 Å². The van der Waals surface area contributed by atoms with Gasteiger partial charge in [-0.3, -0.25) is 0 Å². The number of nitrogens with one attached hydrogen (secondary N) is 1. The Balaban J connectivity index is 2.34. The molecule has 0 bridgehead atoms. The van der Waals surface area contributed by atoms with Crippen LogP contribution in [0.4, 0.5) is 10.2 Å². The van der Waals surface area contributed by atoms with Crippen LogP contribution in [0.1, 0.15) is 27.2 Å². The van der Waals surface area contributed by atoms with Crippen LogP contribution >= 0.6 is 8.25 Å². The molecular weight excluding hydrogens is 392 g/mol. The molecule has 152 valence electrons. The standard InChI is InChI=1S/C16H27FN3O5PSi/c1-16(2,3)27(4,5)25-14-12(20-15-11(17)7-18-9-19-15)6-10(8-21)13(14)24-26(22)23/h7,9-10,12-14,21H,6,8H2,1-5H3,(H-,18,19,20,22,23)/p+1/t10-,12-,13-,14+/m1/s1. The minimum absolute atomic E-state index is 0.0181. The van der Waals surface area contributed by atoms with Gasteiger partial charge in [0.1, 0.15) is 12.4 Å². The molecule has 3 N–H and O–H groups in total. The molecule has 0 amide bonds. The molecule has 1 fully saturated rings. The fourth-order valence-electron chi connectivity index (χ4n) is 2.92. The van der Waals surface area contributed by atoms with Crippen LogP contribution in [0, 0.1) is 11.7 Å². The van der Waals surface area contributed by atoms with E-state index >= 15 is 0 Å². The summed E-state index contributed by atoms with van der Waals surface area (Å²) in [4.78, 5) is 16.8. The summed E-state index contributed by atoms with van der Waals surface area (Å²) in [5.41, 5.74) is 0. The number of anilines is 1. The zero-order valence-corrected chi connectivity index (χ0v) is 18.1. The first kappa shape index (κ1) is 22.3. The molecule has 0 radical (unpaired) electrons. The van der Waals surface area contributed by atoms with Gasteiger partial charge in [0.2, 0.25) is 0 Å². The second kappa shape index (κ2) is 8.55. The Morgan fingerprint density at radius 1 is 1.41 bits per heavy atom. The molecule has 27 heavy (non-hydrogen) atoms. The topological polar surface area (TPSA) is 114 Å². The average Bonchev–Trinajstić information content (AvgIpc) is 2.85. The molecule has 5 atom stereocenters. The Labute approximate surface area is 160 Å². The smallest absolute Gasteiger partial charge is 0.409 e. The average molecular weight is 420 g/mol. The Kier molecular flexibility index (Phi) is 7.04. The number of nitrogens with zero attached hydrogens (tertiary/aromatic N) is 2. The van der Waals surface area contributed by atoms with Gasteiger partial charge in [-0.1, -0.05) is 20.8 Å². The third-order valence-electron chi connectivity index (χ3n) is 5.41. The highest BCUT2D eigenvalue weighted by Crippen LogP contribution is 2.43. The van der Waals surface area contributed by atoms with Crippen molar-refractivity contribution >= 4 is 22.4 Å². The molecule has 1 saturated carbocycles. The quantitative estimate of drug-likeness (QED) is 0.456. The number of aliphatic hydroxyl groups excluding tert-OH is 1. The molecular formula is C16H28FN3O5PSi+. The van der Waals surface area contributed by atoms with Crippen molar-refractivity contribution in [2.75, 3.05) is 11.9 Å². The maximum atomic E-state index is 14.0. The van der Waals surface area contributed by atoms with Crippen LogP contribution in [0.3, 0.4) is 0 Å². The number of aromatic nitrogens is 2. The van der Waals surface area contributed by atoms with E-state index in [9.17, 15) is 19.0 Å². The minimum Gasteiger partial charge on any atom is -0.409 e. The molecule has 2 rings (SSSR count). The van der Waals surface area contributed by atoms with Gasteiger partial charge in [0.05, 0.1) is 18.3 Å². The Bertz CT molecular complexity index is 676. The number of hydrogen-bond donors (Lipinski definition) is 3. The highest BCUT2D eigenvalue weighted by Gasteiger charge is 2.52. The van der Waals surface area contributed by atoms with Crippen LogP contribution in [-0.2, 0) is 13.5 Å². The molecule has 1 unspecified atom stereocenters. The van der Waals surface area contributed by atoms with Gasteiger partial charge >= 0.3 is 8.25 Å². The Morgan fingerprint density at radius 3 is 2.59 bits per heavy atom. The highest BCUT2D eigenvalue weighted by atomic mass is 31.1. The van der Waals surface area contributed by atoms with Gasteiger partial charge < -0.3 is 14.8 Å². The first-order valence-corrected chi connectivity index (χ1v) is 12.8. The molecule has 1 heterocycles. The Hall–Kier alpha value is -1.03. The summed E-state index contributed by atoms with van der Waals surface area (Å²) in [7, 11) is -5.16.